The minimum absolute atomic E-state index is 0.0600. The molecule has 1 aliphatic rings. The van der Waals surface area contributed by atoms with E-state index in [4.69, 9.17) is 10.6 Å². The van der Waals surface area contributed by atoms with Crippen LogP contribution in [-0.4, -0.2) is 21.8 Å². The molecular formula is C14H26N4O. The summed E-state index contributed by atoms with van der Waals surface area (Å²) in [5.74, 6) is 7.45. The number of imidazole rings is 1. The Morgan fingerprint density at radius 3 is 3.00 bits per heavy atom. The largest absolute Gasteiger partial charge is 0.373 e. The first-order valence-electron chi connectivity index (χ1n) is 7.20. The van der Waals surface area contributed by atoms with E-state index in [-0.39, 0.29) is 11.6 Å². The lowest BCUT2D eigenvalue weighted by molar-refractivity contribution is -0.104. The predicted molar refractivity (Wildman–Crippen MR) is 75.3 cm³/mol. The topological polar surface area (TPSA) is 65.1 Å². The zero-order chi connectivity index (χ0) is 13.9. The number of ether oxygens (including phenoxy) is 1. The van der Waals surface area contributed by atoms with Crippen LogP contribution in [0.15, 0.2) is 12.4 Å². The molecule has 3 atom stereocenters. The molecule has 1 saturated carbocycles. The van der Waals surface area contributed by atoms with Crippen molar-refractivity contribution in [3.8, 4) is 0 Å². The first kappa shape index (κ1) is 14.5. The second kappa shape index (κ2) is 6.03. The van der Waals surface area contributed by atoms with Gasteiger partial charge >= 0.3 is 0 Å². The second-order valence-corrected chi connectivity index (χ2v) is 5.70. The van der Waals surface area contributed by atoms with Crippen molar-refractivity contribution in [2.75, 3.05) is 6.61 Å². The van der Waals surface area contributed by atoms with Gasteiger partial charge in [0.1, 0.15) is 11.9 Å². The molecule has 1 aliphatic carbocycles. The highest BCUT2D eigenvalue weighted by molar-refractivity contribution is 5.09. The van der Waals surface area contributed by atoms with E-state index in [0.717, 1.165) is 18.7 Å². The number of hydrogen-bond donors (Lipinski definition) is 2. The summed E-state index contributed by atoms with van der Waals surface area (Å²) in [4.78, 5) is 4.45. The van der Waals surface area contributed by atoms with E-state index in [9.17, 15) is 0 Å². The molecule has 0 amide bonds. The molecule has 3 unspecified atom stereocenters. The lowest BCUT2D eigenvalue weighted by Gasteiger charge is -2.44. The quantitative estimate of drug-likeness (QED) is 0.631. The average molecular weight is 266 g/mol. The summed E-state index contributed by atoms with van der Waals surface area (Å²) in [7, 11) is 2.00. The minimum Gasteiger partial charge on any atom is -0.373 e. The minimum atomic E-state index is -0.236. The molecule has 1 aromatic rings. The molecule has 5 heteroatoms. The molecule has 19 heavy (non-hydrogen) atoms. The van der Waals surface area contributed by atoms with Crippen molar-refractivity contribution in [1.29, 1.82) is 0 Å². The molecule has 3 N–H and O–H groups in total. The van der Waals surface area contributed by atoms with Gasteiger partial charge in [-0.3, -0.25) is 5.84 Å². The van der Waals surface area contributed by atoms with Crippen molar-refractivity contribution in [2.24, 2.45) is 18.8 Å². The summed E-state index contributed by atoms with van der Waals surface area (Å²) in [6.45, 7) is 5.04. The van der Waals surface area contributed by atoms with E-state index in [1.807, 2.05) is 30.9 Å². The van der Waals surface area contributed by atoms with Crippen molar-refractivity contribution in [2.45, 2.75) is 51.2 Å². The first-order valence-corrected chi connectivity index (χ1v) is 7.20. The van der Waals surface area contributed by atoms with Gasteiger partial charge in [-0.1, -0.05) is 19.8 Å². The molecular weight excluding hydrogens is 240 g/mol. The molecule has 1 fully saturated rings. The van der Waals surface area contributed by atoms with Crippen molar-refractivity contribution >= 4 is 0 Å². The Morgan fingerprint density at radius 2 is 2.47 bits per heavy atom. The number of nitrogens with one attached hydrogen (secondary N) is 1. The fraction of sp³-hybridized carbons (Fsp3) is 0.786. The lowest BCUT2D eigenvalue weighted by atomic mass is 9.74. The maximum Gasteiger partial charge on any atom is 0.129 e. The predicted octanol–water partition coefficient (Wildman–Crippen LogP) is 1.91. The Labute approximate surface area is 115 Å². The molecule has 1 heterocycles. The van der Waals surface area contributed by atoms with Crippen LogP contribution >= 0.6 is 0 Å². The molecule has 1 aromatic heterocycles. The first-order chi connectivity index (χ1) is 9.13. The second-order valence-electron chi connectivity index (χ2n) is 5.70. The summed E-state index contributed by atoms with van der Waals surface area (Å²) in [6, 6.07) is -0.0600. The van der Waals surface area contributed by atoms with E-state index in [2.05, 4.69) is 17.3 Å². The lowest BCUT2D eigenvalue weighted by Crippen LogP contribution is -2.51. The van der Waals surface area contributed by atoms with Gasteiger partial charge in [-0.15, -0.1) is 0 Å². The number of nitrogens with two attached hydrogens (primary N) is 1. The fourth-order valence-corrected chi connectivity index (χ4v) is 3.42. The molecule has 0 aliphatic heterocycles. The van der Waals surface area contributed by atoms with Crippen LogP contribution in [0.2, 0.25) is 0 Å². The summed E-state index contributed by atoms with van der Waals surface area (Å²) < 4.78 is 8.20. The highest BCUT2D eigenvalue weighted by Crippen LogP contribution is 2.42. The number of nitrogens with zero attached hydrogens (tertiary/aromatic N) is 2. The third-order valence-electron chi connectivity index (χ3n) is 4.23. The summed E-state index contributed by atoms with van der Waals surface area (Å²) >= 11 is 0. The average Bonchev–Trinajstić information content (AvgIpc) is 2.77. The van der Waals surface area contributed by atoms with Gasteiger partial charge in [0.25, 0.3) is 0 Å². The molecule has 0 saturated heterocycles. The number of rotatable bonds is 5. The zero-order valence-electron chi connectivity index (χ0n) is 12.2. The SMILES string of the molecule is CCOC1(C(NN)c2nccn2C)CCCC(C)C1. The van der Waals surface area contributed by atoms with E-state index in [0.29, 0.717) is 12.5 Å². The summed E-state index contributed by atoms with van der Waals surface area (Å²) in [6.07, 6.45) is 8.28. The Morgan fingerprint density at radius 1 is 1.68 bits per heavy atom. The van der Waals surface area contributed by atoms with Crippen molar-refractivity contribution < 1.29 is 4.74 Å². The maximum absolute atomic E-state index is 6.18. The molecule has 0 aromatic carbocycles. The van der Waals surface area contributed by atoms with E-state index >= 15 is 0 Å². The van der Waals surface area contributed by atoms with Gasteiger partial charge in [-0.25, -0.2) is 10.4 Å². The molecule has 0 radical (unpaired) electrons. The van der Waals surface area contributed by atoms with Crippen LogP contribution in [0, 0.1) is 5.92 Å². The van der Waals surface area contributed by atoms with Gasteiger partial charge in [0.2, 0.25) is 0 Å². The van der Waals surface area contributed by atoms with Crippen LogP contribution in [0.3, 0.4) is 0 Å². The zero-order valence-corrected chi connectivity index (χ0v) is 12.2. The maximum atomic E-state index is 6.18. The Kier molecular flexibility index (Phi) is 4.60. The van der Waals surface area contributed by atoms with Gasteiger partial charge in [-0.2, -0.15) is 0 Å². The fourth-order valence-electron chi connectivity index (χ4n) is 3.42. The summed E-state index contributed by atoms with van der Waals surface area (Å²) in [5, 5.41) is 0. The standard InChI is InChI=1S/C14H26N4O/c1-4-19-14(7-5-6-11(2)10-14)12(17-15)13-16-8-9-18(13)3/h8-9,11-12,17H,4-7,10,15H2,1-3H3. The molecule has 2 rings (SSSR count). The Bertz CT molecular complexity index is 402. The van der Waals surface area contributed by atoms with Crippen LogP contribution in [0.4, 0.5) is 0 Å². The number of hydrogen-bond acceptors (Lipinski definition) is 4. The third kappa shape index (κ3) is 2.83. The van der Waals surface area contributed by atoms with Crippen LogP contribution in [0.1, 0.15) is 51.4 Å². The van der Waals surface area contributed by atoms with Gasteiger partial charge in [0.15, 0.2) is 0 Å². The smallest absolute Gasteiger partial charge is 0.129 e. The normalized spacial score (nSPS) is 29.4. The van der Waals surface area contributed by atoms with Crippen LogP contribution in [0.25, 0.3) is 0 Å². The van der Waals surface area contributed by atoms with Crippen LogP contribution in [-0.2, 0) is 11.8 Å². The Balaban J connectivity index is 2.32. The van der Waals surface area contributed by atoms with Crippen LogP contribution in [0.5, 0.6) is 0 Å². The highest BCUT2D eigenvalue weighted by atomic mass is 16.5. The third-order valence-corrected chi connectivity index (χ3v) is 4.23. The van der Waals surface area contributed by atoms with Gasteiger partial charge < -0.3 is 9.30 Å². The van der Waals surface area contributed by atoms with E-state index in [1.54, 1.807) is 0 Å². The number of aromatic nitrogens is 2. The Hall–Kier alpha value is -0.910. The van der Waals surface area contributed by atoms with Crippen molar-refractivity contribution in [1.82, 2.24) is 15.0 Å². The molecule has 108 valence electrons. The number of hydrazine groups is 1. The van der Waals surface area contributed by atoms with E-state index in [1.165, 1.54) is 12.8 Å². The highest BCUT2D eigenvalue weighted by Gasteiger charge is 2.44. The molecule has 0 bridgehead atoms. The molecule has 5 nitrogen and oxygen atoms in total. The van der Waals surface area contributed by atoms with Crippen molar-refractivity contribution in [3.63, 3.8) is 0 Å². The monoisotopic (exact) mass is 266 g/mol. The number of aryl methyl sites for hydroxylation is 1. The van der Waals surface area contributed by atoms with Crippen molar-refractivity contribution in [3.05, 3.63) is 18.2 Å². The van der Waals surface area contributed by atoms with Gasteiger partial charge in [0.05, 0.1) is 5.60 Å². The van der Waals surface area contributed by atoms with E-state index < -0.39 is 0 Å². The van der Waals surface area contributed by atoms with Gasteiger partial charge in [-0.05, 0) is 25.7 Å². The summed E-state index contributed by atoms with van der Waals surface area (Å²) in [5.41, 5.74) is 2.72. The van der Waals surface area contributed by atoms with Gasteiger partial charge in [0, 0.05) is 26.0 Å². The molecule has 0 spiro atoms. The van der Waals surface area contributed by atoms with Crippen LogP contribution < -0.4 is 11.3 Å².